The summed E-state index contributed by atoms with van der Waals surface area (Å²) < 4.78 is 264. The van der Waals surface area contributed by atoms with Gasteiger partial charge in [-0.2, -0.15) is 92.2 Å². The van der Waals surface area contributed by atoms with Gasteiger partial charge in [0.25, 0.3) is 0 Å². The summed E-state index contributed by atoms with van der Waals surface area (Å²) in [5, 5.41) is 28.5. The first-order valence-corrected chi connectivity index (χ1v) is 37.5. The number of nitrogens with zero attached hydrogens (tertiary/aromatic N) is 6. The van der Waals surface area contributed by atoms with Crippen LogP contribution in [0.4, 0.5) is 97.9 Å². The Morgan fingerprint density at radius 1 is 0.419 bits per heavy atom. The van der Waals surface area contributed by atoms with Crippen molar-refractivity contribution in [2.45, 2.75) is 136 Å². The molecule has 15 nitrogen and oxygen atoms in total. The van der Waals surface area contributed by atoms with Crippen molar-refractivity contribution >= 4 is 127 Å². The molecule has 7 aromatic carbocycles. The maximum atomic E-state index is 12.5. The zero-order valence-corrected chi connectivity index (χ0v) is 72.4. The number of alkyl halides is 21. The molecule has 0 bridgehead atoms. The maximum absolute atomic E-state index is 12.5. The van der Waals surface area contributed by atoms with E-state index < -0.39 is 94.1 Å². The quantitative estimate of drug-likeness (QED) is 0.0162. The number of aliphatic hydroxyl groups is 2. The van der Waals surface area contributed by atoms with E-state index >= 15 is 0 Å². The number of allylic oxidation sites excluding steroid dienone is 4. The van der Waals surface area contributed by atoms with Gasteiger partial charge < -0.3 is 27.2 Å². The molecule has 129 heavy (non-hydrogen) atoms. The van der Waals surface area contributed by atoms with Crippen molar-refractivity contribution in [1.82, 2.24) is 29.9 Å². The number of benzene rings is 7. The molecule has 6 heterocycles. The molecule has 0 atom stereocenters. The first kappa shape index (κ1) is 114. The molecular weight excluding hydrogens is 1800 g/mol. The Balaban J connectivity index is 0.000000735. The number of esters is 1. The SMILES string of the molecule is C1=CCCCC1.CC(=O)Cl.CC(=O)OCc1ccc2cc(C(F)(F)F)ccc2n1.CC/C=C/C=O.CCc1ccc2cc(C(F)(F)F)ccc2n1.Cc1ccc2cc(C(F)(F)F)ccc2n1.Cl.Nc1ccc(C(F)(F)F)cc1.O=C(O)c1ccc2cc(C(F)(F)F)ccc2n1.OCc1ccc2cc(C(F)(F)F)ccc2n1.OCc1ccc2cc(C(F)(F)F)ccc2n1.[B].[H-].[Na+]. The van der Waals surface area contributed by atoms with Gasteiger partial charge in [0.15, 0.2) is 0 Å². The Bertz CT molecular complexity index is 5630. The average Bonchev–Trinajstić information content (AvgIpc) is 0.817. The summed E-state index contributed by atoms with van der Waals surface area (Å²) in [5.74, 6) is -1.65. The average molecular weight is 1880 g/mol. The number of nitrogens with two attached hydrogens (primary N) is 1. The zero-order chi connectivity index (χ0) is 94.1. The third kappa shape index (κ3) is 39.7. The van der Waals surface area contributed by atoms with Crippen molar-refractivity contribution in [3.8, 4) is 0 Å². The van der Waals surface area contributed by atoms with E-state index in [4.69, 9.17) is 25.8 Å². The van der Waals surface area contributed by atoms with Crippen LogP contribution in [0.1, 0.15) is 139 Å². The fourth-order valence-corrected chi connectivity index (χ4v) is 10.5. The smallest absolute Gasteiger partial charge is 1.00 e. The predicted molar refractivity (Wildman–Crippen MR) is 448 cm³/mol. The minimum Gasteiger partial charge on any atom is -1.00 e. The number of fused-ring (bicyclic) bond motifs is 6. The Morgan fingerprint density at radius 3 is 0.953 bits per heavy atom. The van der Waals surface area contributed by atoms with Crippen molar-refractivity contribution in [2.75, 3.05) is 5.73 Å². The second-order valence-corrected chi connectivity index (χ2v) is 26.9. The summed E-state index contributed by atoms with van der Waals surface area (Å²) in [5.41, 5.74) is 6.27. The van der Waals surface area contributed by atoms with E-state index in [0.717, 1.165) is 122 Å². The molecule has 13 aromatic rings. The van der Waals surface area contributed by atoms with Crippen LogP contribution in [-0.4, -0.2) is 77.1 Å². The Labute approximate surface area is 760 Å². The number of aromatic carboxylic acids is 1. The van der Waals surface area contributed by atoms with Gasteiger partial charge >= 0.3 is 84.7 Å². The van der Waals surface area contributed by atoms with Gasteiger partial charge in [-0.3, -0.25) is 34.3 Å². The third-order valence-corrected chi connectivity index (χ3v) is 16.6. The van der Waals surface area contributed by atoms with Gasteiger partial charge in [0, 0.05) is 71.7 Å². The van der Waals surface area contributed by atoms with E-state index in [0.29, 0.717) is 77.3 Å². The number of aryl methyl sites for hydroxylation is 2. The molecule has 14 rings (SSSR count). The number of hydrogen-bond acceptors (Lipinski definition) is 14. The number of carboxylic acid groups (broad SMARTS) is 1. The number of aldehydes is 1. The van der Waals surface area contributed by atoms with Crippen molar-refractivity contribution in [3.63, 3.8) is 0 Å². The monoisotopic (exact) mass is 1880 g/mol. The molecule has 683 valence electrons. The molecular formula is C89H79BCl2F21N7NaO8. The molecule has 0 aliphatic heterocycles. The first-order valence-electron chi connectivity index (χ1n) is 37.1. The van der Waals surface area contributed by atoms with E-state index in [2.05, 4.69) is 53.7 Å². The number of pyridine rings is 6. The number of carbonyl (C=O) groups is 4. The summed E-state index contributed by atoms with van der Waals surface area (Å²) in [7, 11) is 0. The molecule has 5 N–H and O–H groups in total. The van der Waals surface area contributed by atoms with Gasteiger partial charge in [-0.25, -0.2) is 14.8 Å². The maximum Gasteiger partial charge on any atom is 1.00 e. The fraction of sp³-hybridized carbons (Fsp3) is 0.236. The molecule has 0 saturated heterocycles. The summed E-state index contributed by atoms with van der Waals surface area (Å²) in [6.45, 7) is 7.87. The van der Waals surface area contributed by atoms with E-state index in [1.54, 1.807) is 31.2 Å². The molecule has 40 heteroatoms. The Morgan fingerprint density at radius 2 is 0.690 bits per heavy atom. The van der Waals surface area contributed by atoms with Crippen molar-refractivity contribution in [2.24, 2.45) is 0 Å². The standard InChI is InChI=1S/C13H10F3NO2.C12H10F3N.C11H6F3NO2.2C11H8F3NO.C11H8F3N.C7H6F3N.C6H10.C5H8O.C2H3ClO.B.ClH.Na.H/c1-8(18)19-7-11-4-2-9-6-10(13(14,15)16)3-5-12(9)17-11;1-2-10-5-3-8-7-9(12(13,14)15)4-6-11(8)16-10;12-11(13,14)7-2-4-8-6(5-7)1-3-9(15-8)10(16)17;2*12-11(13,14)8-2-4-10-7(5-8)1-3-9(6-16)15-10;1-7-2-3-8-6-9(11(12,13)14)4-5-10(8)15-7;8-7(9,10)5-1-3-6(11)4-2-5;1-2-4-6-5-3-1;1-2-3-4-5-6;1-2(3)4;;;;/h2-6H,7H2,1H3;3-7H,2H2,1H3;1-5H,(H,16,17);2*1-5,16H,6H2;2-6H,1H3;1-4H,11H2;1-2H,3-6H2;3-5H,2H2,1H3;1H3;;1H;;/q;;;;;;;;;;;;+1;-1/b;;;;;;;;4-3+;;;;;. The molecule has 1 aliphatic rings. The number of hydrogen-bond donors (Lipinski definition) is 4. The van der Waals surface area contributed by atoms with E-state index in [1.807, 2.05) is 19.9 Å². The molecule has 1 aliphatic carbocycles. The minimum absolute atomic E-state index is 0. The van der Waals surface area contributed by atoms with Crippen LogP contribution in [0, 0.1) is 6.92 Å². The number of aromatic nitrogens is 6. The number of carbonyl (C=O) groups excluding carboxylic acids is 3. The summed E-state index contributed by atoms with van der Waals surface area (Å²) in [6, 6.07) is 42.8. The normalized spacial score (nSPS) is 11.7. The molecule has 0 spiro atoms. The van der Waals surface area contributed by atoms with Crippen molar-refractivity contribution in [1.29, 1.82) is 0 Å². The van der Waals surface area contributed by atoms with Crippen LogP contribution in [0.25, 0.3) is 65.4 Å². The summed E-state index contributed by atoms with van der Waals surface area (Å²) in [6.07, 6.45) is -14.5. The van der Waals surface area contributed by atoms with Crippen LogP contribution in [0.3, 0.4) is 0 Å². The van der Waals surface area contributed by atoms with Crippen LogP contribution in [0.15, 0.2) is 231 Å². The van der Waals surface area contributed by atoms with Crippen molar-refractivity contribution in [3.05, 3.63) is 304 Å². The van der Waals surface area contributed by atoms with Gasteiger partial charge in [0.1, 0.15) is 18.6 Å². The van der Waals surface area contributed by atoms with E-state index in [-0.39, 0.29) is 93.5 Å². The number of carboxylic acids is 1. The topological polar surface area (TPSA) is 242 Å². The predicted octanol–water partition coefficient (Wildman–Crippen LogP) is 22.6. The van der Waals surface area contributed by atoms with E-state index in [1.165, 1.54) is 137 Å². The summed E-state index contributed by atoms with van der Waals surface area (Å²) in [4.78, 5) is 64.2. The second-order valence-electron chi connectivity index (χ2n) is 26.4. The minimum atomic E-state index is -4.42. The van der Waals surface area contributed by atoms with Gasteiger partial charge in [-0.15, -0.1) is 12.4 Å². The van der Waals surface area contributed by atoms with Crippen LogP contribution in [0.5, 0.6) is 0 Å². The number of rotatable bonds is 8. The Hall–Kier alpha value is -11.3. The van der Waals surface area contributed by atoms with Gasteiger partial charge in [-0.05, 0) is 233 Å². The van der Waals surface area contributed by atoms with Crippen LogP contribution >= 0.6 is 24.0 Å². The second kappa shape index (κ2) is 52.3. The zero-order valence-electron chi connectivity index (χ0n) is 69.8. The number of ether oxygens (including phenoxy) is 1. The molecule has 0 amide bonds. The van der Waals surface area contributed by atoms with Gasteiger partial charge in [0.05, 0.1) is 102 Å². The van der Waals surface area contributed by atoms with Crippen LogP contribution in [0.2, 0.25) is 0 Å². The number of halogens is 23. The van der Waals surface area contributed by atoms with E-state index in [9.17, 15) is 111 Å². The van der Waals surface area contributed by atoms with Crippen LogP contribution < -0.4 is 35.3 Å². The van der Waals surface area contributed by atoms with Crippen molar-refractivity contribution < 1.29 is 162 Å². The number of aliphatic hydroxyl groups excluding tert-OH is 2. The largest absolute Gasteiger partial charge is 1.00 e. The number of anilines is 1. The first-order chi connectivity index (χ1) is 58.9. The molecule has 6 aromatic heterocycles. The Kier molecular flexibility index (Phi) is 46.1. The van der Waals surface area contributed by atoms with Crippen LogP contribution in [-0.2, 0) is 88.6 Å². The molecule has 0 fully saturated rings. The van der Waals surface area contributed by atoms with Gasteiger partial charge in [0.2, 0.25) is 5.24 Å². The van der Waals surface area contributed by atoms with Gasteiger partial charge in [-0.1, -0.05) is 68.5 Å². The molecule has 3 radical (unpaired) electrons. The third-order valence-electron chi connectivity index (χ3n) is 16.6. The number of nitrogen functional groups attached to an aromatic ring is 1. The molecule has 0 unspecified atom stereocenters. The summed E-state index contributed by atoms with van der Waals surface area (Å²) >= 11 is 4.64. The fourth-order valence-electron chi connectivity index (χ4n) is 10.5. The molecule has 0 saturated carbocycles.